The van der Waals surface area contributed by atoms with Crippen molar-refractivity contribution in [2.75, 3.05) is 6.26 Å². The molecule has 0 spiro atoms. The molecule has 1 aromatic heterocycles. The monoisotopic (exact) mass is 324 g/mol. The van der Waals surface area contributed by atoms with Gasteiger partial charge < -0.3 is 0 Å². The van der Waals surface area contributed by atoms with Crippen LogP contribution in [0.4, 0.5) is 4.39 Å². The van der Waals surface area contributed by atoms with E-state index in [0.29, 0.717) is 0 Å². The van der Waals surface area contributed by atoms with Gasteiger partial charge in [-0.25, -0.2) is 4.39 Å². The normalized spacial score (nSPS) is 11.0. The zero-order valence-corrected chi connectivity index (χ0v) is 10.6. The van der Waals surface area contributed by atoms with Gasteiger partial charge in [-0.3, -0.25) is 0 Å². The van der Waals surface area contributed by atoms with Gasteiger partial charge in [0.25, 0.3) is 0 Å². The van der Waals surface area contributed by atoms with Gasteiger partial charge in [0.05, 0.1) is 4.70 Å². The molecule has 13 heavy (non-hydrogen) atoms. The molecule has 0 fully saturated rings. The Labute approximate surface area is 97.7 Å². The lowest BCUT2D eigenvalue weighted by molar-refractivity contribution is 0.644. The summed E-state index contributed by atoms with van der Waals surface area (Å²) in [6.45, 7) is 0. The Kier molecular flexibility index (Phi) is 2.80. The minimum absolute atomic E-state index is 0.103. The van der Waals surface area contributed by atoms with Crippen LogP contribution in [0.3, 0.4) is 0 Å². The molecule has 68 valence electrons. The molecule has 0 amide bonds. The first-order valence-electron chi connectivity index (χ1n) is 3.62. The summed E-state index contributed by atoms with van der Waals surface area (Å²) >= 11 is 5.36. The molecule has 0 unspecified atom stereocenters. The molecule has 0 saturated carbocycles. The van der Waals surface area contributed by atoms with Crippen molar-refractivity contribution in [1.82, 2.24) is 0 Å². The standard InChI is InChI=1S/C9H6FIS2/c1-12-8-3-5(11)2-6-7(10)4-13-9(6)8/h2-4H,1H3. The lowest BCUT2D eigenvalue weighted by Gasteiger charge is -1.99. The zero-order chi connectivity index (χ0) is 9.42. The summed E-state index contributed by atoms with van der Waals surface area (Å²) in [6.07, 6.45) is 2.02. The summed E-state index contributed by atoms with van der Waals surface area (Å²) in [7, 11) is 0. The van der Waals surface area contributed by atoms with E-state index in [4.69, 9.17) is 0 Å². The number of benzene rings is 1. The SMILES string of the molecule is CSc1cc(I)cc2c(F)csc12. The van der Waals surface area contributed by atoms with Crippen LogP contribution in [0.2, 0.25) is 0 Å². The van der Waals surface area contributed by atoms with Gasteiger partial charge in [-0.05, 0) is 41.0 Å². The highest BCUT2D eigenvalue weighted by Crippen LogP contribution is 2.34. The van der Waals surface area contributed by atoms with Crippen LogP contribution in [0, 0.1) is 9.39 Å². The van der Waals surface area contributed by atoms with Crippen LogP contribution in [0.25, 0.3) is 10.1 Å². The molecular weight excluding hydrogens is 318 g/mol. The van der Waals surface area contributed by atoms with E-state index in [1.54, 1.807) is 17.1 Å². The van der Waals surface area contributed by atoms with E-state index in [0.717, 1.165) is 18.6 Å². The Morgan fingerprint density at radius 3 is 2.92 bits per heavy atom. The van der Waals surface area contributed by atoms with Gasteiger partial charge in [0, 0.05) is 19.2 Å². The van der Waals surface area contributed by atoms with Gasteiger partial charge in [0.15, 0.2) is 0 Å². The molecule has 0 saturated heterocycles. The van der Waals surface area contributed by atoms with Gasteiger partial charge in [-0.15, -0.1) is 23.1 Å². The van der Waals surface area contributed by atoms with Crippen molar-refractivity contribution in [2.45, 2.75) is 4.90 Å². The van der Waals surface area contributed by atoms with Crippen LogP contribution in [0.15, 0.2) is 22.4 Å². The fourth-order valence-corrected chi connectivity index (χ4v) is 3.77. The molecule has 2 rings (SSSR count). The number of rotatable bonds is 1. The Hall–Kier alpha value is 0.190. The van der Waals surface area contributed by atoms with Crippen molar-refractivity contribution in [3.05, 3.63) is 26.9 Å². The highest BCUT2D eigenvalue weighted by molar-refractivity contribution is 14.1. The van der Waals surface area contributed by atoms with Crippen molar-refractivity contribution >= 4 is 55.8 Å². The van der Waals surface area contributed by atoms with E-state index in [1.807, 2.05) is 12.3 Å². The molecule has 2 aromatic rings. The zero-order valence-electron chi connectivity index (χ0n) is 6.80. The first-order valence-corrected chi connectivity index (χ1v) is 6.81. The van der Waals surface area contributed by atoms with Crippen LogP contribution >= 0.6 is 45.7 Å². The number of hydrogen-bond acceptors (Lipinski definition) is 2. The third kappa shape index (κ3) is 1.71. The summed E-state index contributed by atoms with van der Waals surface area (Å²) in [4.78, 5) is 1.16. The third-order valence-electron chi connectivity index (χ3n) is 1.78. The molecule has 0 N–H and O–H groups in total. The largest absolute Gasteiger partial charge is 0.205 e. The molecule has 1 aromatic carbocycles. The average molecular weight is 324 g/mol. The highest BCUT2D eigenvalue weighted by Gasteiger charge is 2.08. The second kappa shape index (κ2) is 3.74. The van der Waals surface area contributed by atoms with Gasteiger partial charge >= 0.3 is 0 Å². The fourth-order valence-electron chi connectivity index (χ4n) is 1.19. The molecule has 0 aliphatic carbocycles. The highest BCUT2D eigenvalue weighted by atomic mass is 127. The topological polar surface area (TPSA) is 0 Å². The number of halogens is 2. The molecule has 0 bridgehead atoms. The summed E-state index contributed by atoms with van der Waals surface area (Å²) in [5.74, 6) is -0.103. The van der Waals surface area contributed by atoms with Gasteiger partial charge in [0.1, 0.15) is 5.82 Å². The second-order valence-corrected chi connectivity index (χ2v) is 5.54. The van der Waals surface area contributed by atoms with E-state index in [1.165, 1.54) is 11.3 Å². The van der Waals surface area contributed by atoms with E-state index < -0.39 is 0 Å². The molecule has 1 heterocycles. The maximum atomic E-state index is 13.2. The predicted octanol–water partition coefficient (Wildman–Crippen LogP) is 4.37. The van der Waals surface area contributed by atoms with Crippen LogP contribution < -0.4 is 0 Å². The molecule has 4 heteroatoms. The Bertz CT molecular complexity index is 450. The first kappa shape index (κ1) is 9.73. The Morgan fingerprint density at radius 2 is 2.23 bits per heavy atom. The first-order chi connectivity index (χ1) is 6.22. The van der Waals surface area contributed by atoms with E-state index >= 15 is 0 Å². The second-order valence-electron chi connectivity index (χ2n) is 2.57. The smallest absolute Gasteiger partial charge is 0.141 e. The molecule has 0 aliphatic rings. The van der Waals surface area contributed by atoms with Gasteiger partial charge in [0.2, 0.25) is 0 Å². The van der Waals surface area contributed by atoms with E-state index in [-0.39, 0.29) is 5.82 Å². The maximum Gasteiger partial charge on any atom is 0.141 e. The number of thioether (sulfide) groups is 1. The van der Waals surface area contributed by atoms with E-state index in [2.05, 4.69) is 28.7 Å². The van der Waals surface area contributed by atoms with Crippen molar-refractivity contribution in [2.24, 2.45) is 0 Å². The summed E-state index contributed by atoms with van der Waals surface area (Å²) in [5.41, 5.74) is 0. The lowest BCUT2D eigenvalue weighted by atomic mass is 10.2. The fraction of sp³-hybridized carbons (Fsp3) is 0.111. The molecule has 0 radical (unpaired) electrons. The third-order valence-corrected chi connectivity index (χ3v) is 4.29. The van der Waals surface area contributed by atoms with Crippen molar-refractivity contribution < 1.29 is 4.39 Å². The van der Waals surface area contributed by atoms with Crippen LogP contribution in [0.5, 0.6) is 0 Å². The predicted molar refractivity (Wildman–Crippen MR) is 66.3 cm³/mol. The maximum absolute atomic E-state index is 13.2. The minimum atomic E-state index is -0.103. The molecule has 0 nitrogen and oxygen atoms in total. The quantitative estimate of drug-likeness (QED) is 0.555. The average Bonchev–Trinajstić information content (AvgIpc) is 2.47. The van der Waals surface area contributed by atoms with Crippen LogP contribution in [0.1, 0.15) is 0 Å². The Morgan fingerprint density at radius 1 is 1.46 bits per heavy atom. The molecular formula is C9H6FIS2. The number of hydrogen-bond donors (Lipinski definition) is 0. The minimum Gasteiger partial charge on any atom is -0.205 e. The van der Waals surface area contributed by atoms with Crippen molar-refractivity contribution in [3.63, 3.8) is 0 Å². The molecule has 0 atom stereocenters. The van der Waals surface area contributed by atoms with Crippen LogP contribution in [-0.2, 0) is 0 Å². The summed E-state index contributed by atoms with van der Waals surface area (Å²) in [6, 6.07) is 3.98. The number of thiophene rings is 1. The lowest BCUT2D eigenvalue weighted by Crippen LogP contribution is -1.76. The van der Waals surface area contributed by atoms with Crippen molar-refractivity contribution in [1.29, 1.82) is 0 Å². The van der Waals surface area contributed by atoms with Crippen molar-refractivity contribution in [3.8, 4) is 0 Å². The van der Waals surface area contributed by atoms with Crippen LogP contribution in [-0.4, -0.2) is 6.26 Å². The summed E-state index contributed by atoms with van der Waals surface area (Å²) in [5, 5.41) is 2.32. The van der Waals surface area contributed by atoms with Gasteiger partial charge in [-0.2, -0.15) is 0 Å². The molecule has 0 aliphatic heterocycles. The summed E-state index contributed by atoms with van der Waals surface area (Å²) < 4.78 is 15.4. The van der Waals surface area contributed by atoms with E-state index in [9.17, 15) is 4.39 Å². The number of fused-ring (bicyclic) bond motifs is 1. The van der Waals surface area contributed by atoms with Gasteiger partial charge in [-0.1, -0.05) is 0 Å². The Balaban J connectivity index is 2.84.